The van der Waals surface area contributed by atoms with Crippen LogP contribution in [0.2, 0.25) is 0 Å². The van der Waals surface area contributed by atoms with Gasteiger partial charge >= 0.3 is 12.2 Å². The number of amides is 4. The molecule has 5 rings (SSSR count). The van der Waals surface area contributed by atoms with Crippen LogP contribution in [0.15, 0.2) is 29.9 Å². The molecule has 1 saturated carbocycles. The van der Waals surface area contributed by atoms with Gasteiger partial charge in [0, 0.05) is 37.0 Å². The summed E-state index contributed by atoms with van der Waals surface area (Å²) >= 11 is 0. The summed E-state index contributed by atoms with van der Waals surface area (Å²) in [6.45, 7) is 8.85. The smallest absolute Gasteiger partial charge is 0.407 e. The summed E-state index contributed by atoms with van der Waals surface area (Å²) in [7, 11) is 2.59. The van der Waals surface area contributed by atoms with E-state index in [1.165, 1.54) is 14.2 Å². The Morgan fingerprint density at radius 1 is 0.769 bits per heavy atom. The monoisotopic (exact) mass is 718 g/mol. The fourth-order valence-electron chi connectivity index (χ4n) is 7.59. The van der Waals surface area contributed by atoms with Crippen LogP contribution in [-0.2, 0) is 19.1 Å². The van der Waals surface area contributed by atoms with Crippen molar-refractivity contribution in [1.29, 1.82) is 0 Å². The lowest BCUT2D eigenvalue weighted by Crippen LogP contribution is -2.51. The molecule has 282 valence electrons. The average Bonchev–Trinajstić information content (AvgIpc) is 3.97. The van der Waals surface area contributed by atoms with E-state index in [4.69, 9.17) is 14.5 Å². The predicted octanol–water partition coefficient (Wildman–Crippen LogP) is 5.52. The highest BCUT2D eigenvalue weighted by Gasteiger charge is 2.39. The number of hydrogen-bond donors (Lipinski definition) is 4. The highest BCUT2D eigenvalue weighted by Crippen LogP contribution is 2.38. The van der Waals surface area contributed by atoms with Gasteiger partial charge in [-0.2, -0.15) is 0 Å². The highest BCUT2D eigenvalue weighted by molar-refractivity contribution is 5.87. The van der Waals surface area contributed by atoms with Gasteiger partial charge < -0.3 is 39.9 Å². The minimum absolute atomic E-state index is 0.0811. The van der Waals surface area contributed by atoms with Crippen molar-refractivity contribution in [2.45, 2.75) is 109 Å². The van der Waals surface area contributed by atoms with Gasteiger partial charge in [0.05, 0.1) is 38.2 Å². The fraction of sp³-hybridized carbons (Fsp3) is 0.632. The van der Waals surface area contributed by atoms with E-state index in [2.05, 4.69) is 43.1 Å². The Morgan fingerprint density at radius 2 is 1.29 bits per heavy atom. The number of carbonyl (C=O) groups is 4. The lowest BCUT2D eigenvalue weighted by molar-refractivity contribution is -0.136. The lowest BCUT2D eigenvalue weighted by Gasteiger charge is -2.30. The Kier molecular flexibility index (Phi) is 13.0. The molecule has 2 aromatic heterocycles. The Bertz CT molecular complexity index is 1660. The first kappa shape index (κ1) is 38.4. The summed E-state index contributed by atoms with van der Waals surface area (Å²) in [5.41, 5.74) is 8.25. The maximum Gasteiger partial charge on any atom is 0.407 e. The van der Waals surface area contributed by atoms with Gasteiger partial charge in [-0.15, -0.1) is 0 Å². The third-order valence-electron chi connectivity index (χ3n) is 10.6. The minimum Gasteiger partial charge on any atom is -0.453 e. The maximum atomic E-state index is 13.5. The number of H-pyrrole nitrogens is 2. The van der Waals surface area contributed by atoms with E-state index in [1.54, 1.807) is 11.1 Å². The molecule has 4 amide bonds. The molecular weight excluding hydrogens is 664 g/mol. The van der Waals surface area contributed by atoms with Gasteiger partial charge in [-0.3, -0.25) is 9.59 Å². The molecule has 52 heavy (non-hydrogen) atoms. The second kappa shape index (κ2) is 17.6. The van der Waals surface area contributed by atoms with Crippen molar-refractivity contribution in [2.75, 3.05) is 27.3 Å². The Hall–Kier alpha value is -4.80. The molecular formula is C38H54N8O6. The number of rotatable bonds is 11. The standard InChI is InChI=1S/C38H54N8O6/c1-23(2)31(43-37(49)51-5)35(47)45-19-9-13-29(45)33-39-21-27(41-33)12-8-7-11-25-15-17-26(18-16-25)28-22-40-34(42-28)30-14-10-20-46(30)36(48)32(24(3)4)44-38(50)52-6/h11-12,21-26,29-32H,9-10,13-20H2,1-6H3,(H,39,41)(H,40,42)(H,43,49)(H,44,50)/t25?,26?,29-,30-,31-,32-/m1/s1. The Balaban J connectivity index is 1.14. The van der Waals surface area contributed by atoms with Crippen LogP contribution in [-0.4, -0.2) is 93.1 Å². The first-order valence-electron chi connectivity index (χ1n) is 18.6. The van der Waals surface area contributed by atoms with Gasteiger partial charge in [-0.05, 0) is 75.2 Å². The van der Waals surface area contributed by atoms with Crippen LogP contribution in [0.4, 0.5) is 9.59 Å². The number of alkyl carbamates (subject to hydrolysis) is 2. The summed E-state index contributed by atoms with van der Waals surface area (Å²) < 4.78 is 9.48. The van der Waals surface area contributed by atoms with E-state index in [-0.39, 0.29) is 35.7 Å². The van der Waals surface area contributed by atoms with Crippen molar-refractivity contribution in [3.63, 3.8) is 0 Å². The summed E-state index contributed by atoms with van der Waals surface area (Å²) in [6.07, 6.45) is 13.8. The van der Waals surface area contributed by atoms with E-state index < -0.39 is 24.3 Å². The number of likely N-dealkylation sites (tertiary alicyclic amines) is 2. The van der Waals surface area contributed by atoms with Crippen molar-refractivity contribution >= 4 is 30.1 Å². The molecule has 1 aliphatic carbocycles. The van der Waals surface area contributed by atoms with E-state index >= 15 is 0 Å². The van der Waals surface area contributed by atoms with Crippen molar-refractivity contribution in [2.24, 2.45) is 17.8 Å². The van der Waals surface area contributed by atoms with E-state index in [1.807, 2.05) is 44.9 Å². The largest absolute Gasteiger partial charge is 0.453 e. The molecule has 2 aromatic rings. The van der Waals surface area contributed by atoms with Crippen molar-refractivity contribution in [1.82, 2.24) is 40.4 Å². The number of aromatic amines is 2. The number of nitrogens with zero attached hydrogens (tertiary/aromatic N) is 4. The number of allylic oxidation sites excluding steroid dienone is 1. The van der Waals surface area contributed by atoms with E-state index in [0.717, 1.165) is 68.6 Å². The molecule has 4 N–H and O–H groups in total. The number of imidazole rings is 2. The molecule has 0 radical (unpaired) electrons. The van der Waals surface area contributed by atoms with Gasteiger partial charge in [0.1, 0.15) is 23.7 Å². The van der Waals surface area contributed by atoms with Crippen LogP contribution in [0.1, 0.15) is 120 Å². The molecule has 0 bridgehead atoms. The van der Waals surface area contributed by atoms with Crippen molar-refractivity contribution < 1.29 is 28.7 Å². The quantitative estimate of drug-likeness (QED) is 0.220. The summed E-state index contributed by atoms with van der Waals surface area (Å²) in [5, 5.41) is 5.38. The first-order chi connectivity index (χ1) is 25.0. The summed E-state index contributed by atoms with van der Waals surface area (Å²) in [5.74, 6) is 1.87. The third-order valence-corrected chi connectivity index (χ3v) is 10.6. The molecule has 14 heteroatoms. The van der Waals surface area contributed by atoms with Gasteiger partial charge in [-0.1, -0.05) is 39.2 Å². The third kappa shape index (κ3) is 9.16. The number of ether oxygens (including phenoxy) is 2. The van der Waals surface area contributed by atoms with Gasteiger partial charge in [0.15, 0.2) is 0 Å². The molecule has 14 nitrogen and oxygen atoms in total. The second-order valence-corrected chi connectivity index (χ2v) is 14.8. The molecule has 4 atom stereocenters. The van der Waals surface area contributed by atoms with Crippen molar-refractivity contribution in [3.05, 3.63) is 53.0 Å². The second-order valence-electron chi connectivity index (χ2n) is 14.8. The number of aromatic nitrogens is 4. The maximum absolute atomic E-state index is 13.5. The molecule has 3 aliphatic rings. The SMILES string of the molecule is COC(=O)N[C@@H](C(=O)N1CCC[C@@H]1c1ncc(C=C=C=CC2CCC(c3cnc([C@H]4CCCN4C(=O)[C@H](NC(=O)OC)C(C)C)[nH]3)CC2)[nH]1)C(C)C. The minimum atomic E-state index is -0.676. The average molecular weight is 719 g/mol. The van der Waals surface area contributed by atoms with Gasteiger partial charge in [0.2, 0.25) is 11.8 Å². The van der Waals surface area contributed by atoms with Crippen LogP contribution in [0, 0.1) is 17.8 Å². The topological polar surface area (TPSA) is 175 Å². The fourth-order valence-corrected chi connectivity index (χ4v) is 7.59. The summed E-state index contributed by atoms with van der Waals surface area (Å²) in [4.78, 5) is 70.5. The Morgan fingerprint density at radius 3 is 1.81 bits per heavy atom. The van der Waals surface area contributed by atoms with Crippen LogP contribution >= 0.6 is 0 Å². The van der Waals surface area contributed by atoms with Gasteiger partial charge in [0.25, 0.3) is 0 Å². The first-order valence-corrected chi connectivity index (χ1v) is 18.6. The molecule has 2 saturated heterocycles. The lowest BCUT2D eigenvalue weighted by atomic mass is 9.81. The number of nitrogens with one attached hydrogen (secondary N) is 4. The number of carbonyl (C=O) groups excluding carboxylic acids is 4. The zero-order valence-corrected chi connectivity index (χ0v) is 31.2. The number of hydrogen-bond acceptors (Lipinski definition) is 8. The molecule has 0 unspecified atom stereocenters. The van der Waals surface area contributed by atoms with Crippen LogP contribution in [0.25, 0.3) is 6.08 Å². The van der Waals surface area contributed by atoms with Gasteiger partial charge in [-0.25, -0.2) is 19.6 Å². The van der Waals surface area contributed by atoms with E-state index in [9.17, 15) is 19.2 Å². The molecule has 4 heterocycles. The normalized spacial score (nSPS) is 22.7. The zero-order valence-electron chi connectivity index (χ0n) is 31.2. The van der Waals surface area contributed by atoms with Crippen LogP contribution < -0.4 is 10.6 Å². The predicted molar refractivity (Wildman–Crippen MR) is 194 cm³/mol. The molecule has 0 aromatic carbocycles. The van der Waals surface area contributed by atoms with Crippen molar-refractivity contribution in [3.8, 4) is 0 Å². The molecule has 0 spiro atoms. The molecule has 3 fully saturated rings. The van der Waals surface area contributed by atoms with E-state index in [0.29, 0.717) is 30.7 Å². The Labute approximate surface area is 305 Å². The highest BCUT2D eigenvalue weighted by atomic mass is 16.5. The zero-order chi connectivity index (χ0) is 37.4. The summed E-state index contributed by atoms with van der Waals surface area (Å²) in [6, 6.07) is -1.67. The van der Waals surface area contributed by atoms with Crippen LogP contribution in [0.3, 0.4) is 0 Å². The van der Waals surface area contributed by atoms with Crippen LogP contribution in [0.5, 0.6) is 0 Å². The number of methoxy groups -OCH3 is 2. The molecule has 2 aliphatic heterocycles.